The van der Waals surface area contributed by atoms with Gasteiger partial charge in [0.15, 0.2) is 0 Å². The highest BCUT2D eigenvalue weighted by atomic mass is 79.9. The Hall–Kier alpha value is -1.48. The van der Waals surface area contributed by atoms with E-state index in [-0.39, 0.29) is 0 Å². The van der Waals surface area contributed by atoms with E-state index in [0.717, 1.165) is 15.6 Å². The molecule has 0 fully saturated rings. The molecule has 0 spiro atoms. The zero-order valence-corrected chi connectivity index (χ0v) is 10.3. The number of benzene rings is 1. The minimum Gasteiger partial charge on any atom is -0.288 e. The summed E-state index contributed by atoms with van der Waals surface area (Å²) in [6, 6.07) is 12.0. The van der Waals surface area contributed by atoms with E-state index in [1.165, 1.54) is 0 Å². The van der Waals surface area contributed by atoms with Gasteiger partial charge in [0, 0.05) is 23.1 Å². The van der Waals surface area contributed by atoms with Crippen LogP contribution in [0.25, 0.3) is 0 Å². The van der Waals surface area contributed by atoms with Gasteiger partial charge in [-0.25, -0.2) is 0 Å². The Kier molecular flexibility index (Phi) is 3.83. The molecule has 0 aliphatic rings. The molecule has 0 aliphatic carbocycles. The lowest BCUT2D eigenvalue weighted by molar-refractivity contribution is 1.05. The van der Waals surface area contributed by atoms with Crippen molar-refractivity contribution in [3.05, 3.63) is 64.4 Å². The molecule has 0 saturated heterocycles. The summed E-state index contributed by atoms with van der Waals surface area (Å²) < 4.78 is 1.08. The SMILES string of the molecule is Brc1ccc(C=NCc2cccnc2)cc1. The van der Waals surface area contributed by atoms with Crippen molar-refractivity contribution in [3.8, 4) is 0 Å². The van der Waals surface area contributed by atoms with Crippen molar-refractivity contribution in [2.75, 3.05) is 0 Å². The molecule has 0 saturated carbocycles. The maximum atomic E-state index is 4.36. The van der Waals surface area contributed by atoms with Crippen molar-refractivity contribution in [1.29, 1.82) is 0 Å². The molecule has 0 radical (unpaired) electrons. The van der Waals surface area contributed by atoms with Gasteiger partial charge in [0.25, 0.3) is 0 Å². The van der Waals surface area contributed by atoms with Crippen LogP contribution in [0.2, 0.25) is 0 Å². The highest BCUT2D eigenvalue weighted by molar-refractivity contribution is 9.10. The van der Waals surface area contributed by atoms with Crippen molar-refractivity contribution in [2.45, 2.75) is 6.54 Å². The second-order valence-electron chi connectivity index (χ2n) is 3.38. The van der Waals surface area contributed by atoms with E-state index in [0.29, 0.717) is 6.54 Å². The van der Waals surface area contributed by atoms with E-state index in [2.05, 4.69) is 25.9 Å². The largest absolute Gasteiger partial charge is 0.288 e. The van der Waals surface area contributed by atoms with E-state index in [1.54, 1.807) is 6.20 Å². The van der Waals surface area contributed by atoms with Crippen molar-refractivity contribution in [3.63, 3.8) is 0 Å². The number of nitrogens with zero attached hydrogens (tertiary/aromatic N) is 2. The Morgan fingerprint density at radius 2 is 2.00 bits per heavy atom. The molecule has 0 atom stereocenters. The predicted molar refractivity (Wildman–Crippen MR) is 69.7 cm³/mol. The topological polar surface area (TPSA) is 25.2 Å². The van der Waals surface area contributed by atoms with E-state index >= 15 is 0 Å². The lowest BCUT2D eigenvalue weighted by atomic mass is 10.2. The minimum atomic E-state index is 0.671. The fourth-order valence-corrected chi connectivity index (χ4v) is 1.56. The van der Waals surface area contributed by atoms with E-state index in [1.807, 2.05) is 48.8 Å². The van der Waals surface area contributed by atoms with Crippen LogP contribution in [-0.4, -0.2) is 11.2 Å². The first-order valence-electron chi connectivity index (χ1n) is 4.99. The third-order valence-electron chi connectivity index (χ3n) is 2.11. The zero-order chi connectivity index (χ0) is 11.2. The van der Waals surface area contributed by atoms with Crippen LogP contribution in [0.3, 0.4) is 0 Å². The van der Waals surface area contributed by atoms with Crippen molar-refractivity contribution in [2.24, 2.45) is 4.99 Å². The number of hydrogen-bond donors (Lipinski definition) is 0. The average molecular weight is 275 g/mol. The van der Waals surface area contributed by atoms with Gasteiger partial charge in [0.2, 0.25) is 0 Å². The normalized spacial score (nSPS) is 10.8. The predicted octanol–water partition coefficient (Wildman–Crippen LogP) is 3.46. The number of pyridine rings is 1. The molecule has 0 amide bonds. The van der Waals surface area contributed by atoms with Gasteiger partial charge in [-0.15, -0.1) is 0 Å². The number of aromatic nitrogens is 1. The lowest BCUT2D eigenvalue weighted by Gasteiger charge is -1.95. The number of hydrogen-bond acceptors (Lipinski definition) is 2. The summed E-state index contributed by atoms with van der Waals surface area (Å²) in [5, 5.41) is 0. The third kappa shape index (κ3) is 3.28. The molecule has 1 aromatic heterocycles. The Morgan fingerprint density at radius 1 is 1.19 bits per heavy atom. The van der Waals surface area contributed by atoms with Gasteiger partial charge >= 0.3 is 0 Å². The molecule has 1 heterocycles. The van der Waals surface area contributed by atoms with Crippen molar-refractivity contribution >= 4 is 22.1 Å². The quantitative estimate of drug-likeness (QED) is 0.787. The first-order chi connectivity index (χ1) is 7.84. The molecule has 0 aliphatic heterocycles. The van der Waals surface area contributed by atoms with Crippen LogP contribution in [-0.2, 0) is 6.54 Å². The monoisotopic (exact) mass is 274 g/mol. The molecule has 0 bridgehead atoms. The van der Waals surface area contributed by atoms with Crippen LogP contribution in [0.15, 0.2) is 58.3 Å². The van der Waals surface area contributed by atoms with E-state index in [4.69, 9.17) is 0 Å². The maximum absolute atomic E-state index is 4.36. The van der Waals surface area contributed by atoms with Crippen LogP contribution in [0.5, 0.6) is 0 Å². The van der Waals surface area contributed by atoms with Crippen molar-refractivity contribution < 1.29 is 0 Å². The summed E-state index contributed by atoms with van der Waals surface area (Å²) in [7, 11) is 0. The highest BCUT2D eigenvalue weighted by Gasteiger charge is 1.89. The first-order valence-corrected chi connectivity index (χ1v) is 5.78. The van der Waals surface area contributed by atoms with Gasteiger partial charge in [-0.2, -0.15) is 0 Å². The second kappa shape index (κ2) is 5.56. The Labute approximate surface area is 103 Å². The van der Waals surface area contributed by atoms with Gasteiger partial charge in [-0.05, 0) is 29.3 Å². The molecule has 2 aromatic rings. The Morgan fingerprint density at radius 3 is 2.69 bits per heavy atom. The molecular weight excluding hydrogens is 264 g/mol. The fraction of sp³-hybridized carbons (Fsp3) is 0.0769. The van der Waals surface area contributed by atoms with Gasteiger partial charge in [0.05, 0.1) is 6.54 Å². The molecule has 1 aromatic carbocycles. The molecular formula is C13H11BrN2. The highest BCUT2D eigenvalue weighted by Crippen LogP contribution is 2.09. The summed E-state index contributed by atoms with van der Waals surface area (Å²) in [6.45, 7) is 0.671. The summed E-state index contributed by atoms with van der Waals surface area (Å²) in [4.78, 5) is 8.40. The number of rotatable bonds is 3. The van der Waals surface area contributed by atoms with Gasteiger partial charge < -0.3 is 0 Å². The van der Waals surface area contributed by atoms with Crippen LogP contribution in [0, 0.1) is 0 Å². The first kappa shape index (κ1) is 11.0. The zero-order valence-electron chi connectivity index (χ0n) is 8.68. The van der Waals surface area contributed by atoms with Crippen molar-refractivity contribution in [1.82, 2.24) is 4.98 Å². The summed E-state index contributed by atoms with van der Waals surface area (Å²) >= 11 is 3.40. The maximum Gasteiger partial charge on any atom is 0.0654 e. The molecule has 2 nitrogen and oxygen atoms in total. The van der Waals surface area contributed by atoms with E-state index < -0.39 is 0 Å². The molecule has 0 unspecified atom stereocenters. The van der Waals surface area contributed by atoms with Gasteiger partial charge in [-0.3, -0.25) is 9.98 Å². The van der Waals surface area contributed by atoms with Gasteiger partial charge in [0.1, 0.15) is 0 Å². The molecule has 80 valence electrons. The average Bonchev–Trinajstić information content (AvgIpc) is 2.33. The Bertz CT molecular complexity index is 463. The smallest absolute Gasteiger partial charge is 0.0654 e. The molecule has 16 heavy (non-hydrogen) atoms. The van der Waals surface area contributed by atoms with Crippen LogP contribution < -0.4 is 0 Å². The molecule has 3 heteroatoms. The van der Waals surface area contributed by atoms with Crippen LogP contribution in [0.4, 0.5) is 0 Å². The Balaban J connectivity index is 1.98. The number of halogens is 1. The molecule has 2 rings (SSSR count). The molecule has 0 N–H and O–H groups in total. The van der Waals surface area contributed by atoms with Crippen LogP contribution >= 0.6 is 15.9 Å². The lowest BCUT2D eigenvalue weighted by Crippen LogP contribution is -1.85. The van der Waals surface area contributed by atoms with E-state index in [9.17, 15) is 0 Å². The van der Waals surface area contributed by atoms with Gasteiger partial charge in [-0.1, -0.05) is 34.1 Å². The van der Waals surface area contributed by atoms with Crippen LogP contribution in [0.1, 0.15) is 11.1 Å². The minimum absolute atomic E-state index is 0.671. The summed E-state index contributed by atoms with van der Waals surface area (Å²) in [5.41, 5.74) is 2.22. The second-order valence-corrected chi connectivity index (χ2v) is 4.30. The standard InChI is InChI=1S/C13H11BrN2/c14-13-5-3-11(4-6-13)8-16-10-12-2-1-7-15-9-12/h1-9H,10H2. The third-order valence-corrected chi connectivity index (χ3v) is 2.64. The number of aliphatic imine (C=N–C) groups is 1. The fourth-order valence-electron chi connectivity index (χ4n) is 1.30. The summed E-state index contributed by atoms with van der Waals surface area (Å²) in [5.74, 6) is 0. The summed E-state index contributed by atoms with van der Waals surface area (Å²) in [6.07, 6.45) is 5.47.